The van der Waals surface area contributed by atoms with Crippen LogP contribution in [0, 0.1) is 0 Å². The van der Waals surface area contributed by atoms with Crippen LogP contribution in [0.3, 0.4) is 0 Å². The molecule has 1 unspecified atom stereocenters. The fourth-order valence-corrected chi connectivity index (χ4v) is 3.23. The summed E-state index contributed by atoms with van der Waals surface area (Å²) in [5.74, 6) is 0.00854. The maximum Gasteiger partial charge on any atom is 0.573 e. The molecule has 0 radical (unpaired) electrons. The third-order valence-electron chi connectivity index (χ3n) is 4.41. The second kappa shape index (κ2) is 7.45. The minimum absolute atomic E-state index is 0.0864. The molecular weight excluding hydrogens is 381 g/mol. The molecule has 28 heavy (non-hydrogen) atoms. The summed E-state index contributed by atoms with van der Waals surface area (Å²) in [5, 5.41) is 12.2. The number of fused-ring (bicyclic) bond motifs is 1. The molecule has 1 atom stereocenters. The third-order valence-corrected chi connectivity index (χ3v) is 4.41. The van der Waals surface area contributed by atoms with Crippen LogP contribution in [0.1, 0.15) is 12.0 Å². The van der Waals surface area contributed by atoms with E-state index in [1.165, 1.54) is 25.2 Å². The lowest BCUT2D eigenvalue weighted by molar-refractivity contribution is -0.303. The van der Waals surface area contributed by atoms with Crippen molar-refractivity contribution in [2.24, 2.45) is 5.16 Å². The Labute approximate surface area is 158 Å². The number of ether oxygens (including phenoxy) is 3. The van der Waals surface area contributed by atoms with E-state index in [9.17, 15) is 23.2 Å². The van der Waals surface area contributed by atoms with E-state index in [2.05, 4.69) is 9.89 Å². The van der Waals surface area contributed by atoms with Crippen LogP contribution in [0.2, 0.25) is 0 Å². The molecule has 3 rings (SSSR count). The number of allylic oxidation sites excluding steroid dienone is 1. The van der Waals surface area contributed by atoms with Crippen LogP contribution in [-0.4, -0.2) is 48.3 Å². The summed E-state index contributed by atoms with van der Waals surface area (Å²) in [7, 11) is 2.98. The molecule has 0 aromatic heterocycles. The summed E-state index contributed by atoms with van der Waals surface area (Å²) >= 11 is 0. The highest BCUT2D eigenvalue weighted by atomic mass is 19.4. The van der Waals surface area contributed by atoms with Gasteiger partial charge in [-0.25, -0.2) is 0 Å². The lowest BCUT2D eigenvalue weighted by Crippen LogP contribution is -2.34. The smallest absolute Gasteiger partial charge is 0.497 e. The largest absolute Gasteiger partial charge is 0.573 e. The second-order valence-electron chi connectivity index (χ2n) is 6.11. The van der Waals surface area contributed by atoms with Crippen molar-refractivity contribution in [3.05, 3.63) is 47.2 Å². The second-order valence-corrected chi connectivity index (χ2v) is 6.11. The molecule has 1 N–H and O–H groups in total. The van der Waals surface area contributed by atoms with E-state index >= 15 is 0 Å². The molecule has 1 heterocycles. The molecule has 1 aliphatic carbocycles. The molecule has 1 amide bonds. The zero-order valence-electron chi connectivity index (χ0n) is 15.0. The highest BCUT2D eigenvalue weighted by Gasteiger charge is 2.43. The van der Waals surface area contributed by atoms with Gasteiger partial charge < -0.3 is 24.3 Å². The number of amides is 1. The number of rotatable bonds is 5. The Hall–Kier alpha value is -3.17. The van der Waals surface area contributed by atoms with E-state index < -0.39 is 24.1 Å². The molecule has 1 aromatic rings. The van der Waals surface area contributed by atoms with E-state index in [0.29, 0.717) is 17.1 Å². The van der Waals surface area contributed by atoms with Crippen LogP contribution in [0.15, 0.2) is 46.8 Å². The van der Waals surface area contributed by atoms with Gasteiger partial charge in [-0.15, -0.1) is 13.2 Å². The number of alkyl halides is 3. The van der Waals surface area contributed by atoms with Crippen molar-refractivity contribution >= 4 is 11.6 Å². The quantitative estimate of drug-likeness (QED) is 0.609. The molecule has 150 valence electrons. The number of carbonyl (C=O) groups excluding carboxylic acids is 1. The minimum Gasteiger partial charge on any atom is -0.497 e. The Bertz CT molecular complexity index is 854. The Morgan fingerprint density at radius 3 is 2.39 bits per heavy atom. The minimum atomic E-state index is -4.86. The van der Waals surface area contributed by atoms with Crippen molar-refractivity contribution in [1.82, 2.24) is 4.90 Å². The van der Waals surface area contributed by atoms with Crippen LogP contribution in [0.5, 0.6) is 11.5 Å². The van der Waals surface area contributed by atoms with Crippen molar-refractivity contribution in [1.29, 1.82) is 0 Å². The number of hydrogen-bond donors (Lipinski definition) is 1. The summed E-state index contributed by atoms with van der Waals surface area (Å²) in [6.45, 7) is 0.122. The van der Waals surface area contributed by atoms with Gasteiger partial charge in [-0.2, -0.15) is 0 Å². The van der Waals surface area contributed by atoms with Crippen molar-refractivity contribution in [2.75, 3.05) is 14.2 Å². The van der Waals surface area contributed by atoms with Gasteiger partial charge in [0.2, 0.25) is 0 Å². The summed E-state index contributed by atoms with van der Waals surface area (Å²) in [6.07, 6.45) is -2.45. The van der Waals surface area contributed by atoms with Gasteiger partial charge in [0, 0.05) is 18.2 Å². The van der Waals surface area contributed by atoms with E-state index in [-0.39, 0.29) is 24.3 Å². The average Bonchev–Trinajstić information content (AvgIpc) is 2.90. The number of benzene rings is 1. The molecule has 1 aliphatic heterocycles. The van der Waals surface area contributed by atoms with Gasteiger partial charge >= 0.3 is 6.36 Å². The van der Waals surface area contributed by atoms with Crippen LogP contribution < -0.4 is 9.47 Å². The molecule has 0 saturated carbocycles. The lowest BCUT2D eigenvalue weighted by atomic mass is 9.97. The molecule has 0 spiro atoms. The van der Waals surface area contributed by atoms with E-state index in [1.807, 2.05) is 0 Å². The lowest BCUT2D eigenvalue weighted by Gasteiger charge is -2.26. The fraction of sp³-hybridized carbons (Fsp3) is 0.333. The standard InChI is InChI=1S/C18H17F3N2O5/c1-26-12-5-10(6-13(7-12)27-2)9-23-15-4-3-11(28-18(19,20)21)8-14(15)16(22-25)17(23)24/h3,5-8,15,25H,4,9H2,1-2H3/b22-16-. The summed E-state index contributed by atoms with van der Waals surface area (Å²) in [6, 6.07) is 4.52. The number of oxime groups is 1. The van der Waals surface area contributed by atoms with Crippen LogP contribution >= 0.6 is 0 Å². The van der Waals surface area contributed by atoms with Crippen molar-refractivity contribution in [3.63, 3.8) is 0 Å². The molecule has 1 fully saturated rings. The first kappa shape index (κ1) is 19.6. The van der Waals surface area contributed by atoms with E-state index in [1.54, 1.807) is 18.2 Å². The highest BCUT2D eigenvalue weighted by molar-refractivity contribution is 6.48. The zero-order valence-corrected chi connectivity index (χ0v) is 15.0. The highest BCUT2D eigenvalue weighted by Crippen LogP contribution is 2.35. The maximum absolute atomic E-state index is 12.7. The van der Waals surface area contributed by atoms with Gasteiger partial charge in [-0.1, -0.05) is 5.16 Å². The zero-order chi connectivity index (χ0) is 20.5. The molecule has 10 heteroatoms. The molecular formula is C18H17F3N2O5. The van der Waals surface area contributed by atoms with Crippen LogP contribution in [0.25, 0.3) is 0 Å². The summed E-state index contributed by atoms with van der Waals surface area (Å²) in [5.41, 5.74) is 0.546. The van der Waals surface area contributed by atoms with Gasteiger partial charge in [-0.3, -0.25) is 4.79 Å². The Balaban J connectivity index is 1.89. The fourth-order valence-electron chi connectivity index (χ4n) is 3.23. The van der Waals surface area contributed by atoms with Crippen LogP contribution in [0.4, 0.5) is 13.2 Å². The molecule has 2 aliphatic rings. The van der Waals surface area contributed by atoms with Gasteiger partial charge in [0.1, 0.15) is 17.3 Å². The van der Waals surface area contributed by atoms with Crippen molar-refractivity contribution in [3.8, 4) is 11.5 Å². The third kappa shape index (κ3) is 3.90. The van der Waals surface area contributed by atoms with Gasteiger partial charge in [0.15, 0.2) is 5.71 Å². The maximum atomic E-state index is 12.7. The Kier molecular flexibility index (Phi) is 5.21. The first-order valence-electron chi connectivity index (χ1n) is 8.18. The summed E-state index contributed by atoms with van der Waals surface area (Å²) in [4.78, 5) is 14.1. The van der Waals surface area contributed by atoms with Crippen molar-refractivity contribution < 1.29 is 37.4 Å². The van der Waals surface area contributed by atoms with Gasteiger partial charge in [0.25, 0.3) is 5.91 Å². The van der Waals surface area contributed by atoms with Crippen molar-refractivity contribution in [2.45, 2.75) is 25.4 Å². The van der Waals surface area contributed by atoms with Gasteiger partial charge in [0.05, 0.1) is 20.3 Å². The topological polar surface area (TPSA) is 80.6 Å². The number of hydrogen-bond acceptors (Lipinski definition) is 6. The molecule has 0 bridgehead atoms. The molecule has 7 nitrogen and oxygen atoms in total. The summed E-state index contributed by atoms with van der Waals surface area (Å²) < 4.78 is 51.7. The Morgan fingerprint density at radius 1 is 1.21 bits per heavy atom. The first-order valence-corrected chi connectivity index (χ1v) is 8.18. The first-order chi connectivity index (χ1) is 13.3. The molecule has 1 saturated heterocycles. The number of carbonyl (C=O) groups is 1. The number of likely N-dealkylation sites (tertiary alicyclic amines) is 1. The monoisotopic (exact) mass is 398 g/mol. The van der Waals surface area contributed by atoms with Gasteiger partial charge in [-0.05, 0) is 36.3 Å². The predicted molar refractivity (Wildman–Crippen MR) is 91.0 cm³/mol. The number of halogens is 3. The number of nitrogens with zero attached hydrogens (tertiary/aromatic N) is 2. The van der Waals surface area contributed by atoms with Crippen LogP contribution in [-0.2, 0) is 16.1 Å². The Morgan fingerprint density at radius 2 is 1.86 bits per heavy atom. The predicted octanol–water partition coefficient (Wildman–Crippen LogP) is 3.00. The normalized spacial score (nSPS) is 20.6. The SMILES string of the molecule is COc1cc(CN2C(=O)/C(=N\O)C3=CC(OC(F)(F)F)=CCC32)cc(OC)c1. The number of methoxy groups -OCH3 is 2. The molecule has 1 aromatic carbocycles. The van der Waals surface area contributed by atoms with E-state index in [4.69, 9.17) is 9.47 Å². The average molecular weight is 398 g/mol. The van der Waals surface area contributed by atoms with E-state index in [0.717, 1.165) is 6.08 Å².